The lowest BCUT2D eigenvalue weighted by Gasteiger charge is -2.28. The molecule has 0 saturated heterocycles. The molecule has 1 heteroatoms. The molecule has 3 aromatic carbocycles. The van der Waals surface area contributed by atoms with Crippen molar-refractivity contribution in [3.05, 3.63) is 88.0 Å². The minimum Gasteiger partial charge on any atom is -0.308 e. The smallest absolute Gasteiger partial charge is 0.0312 e. The van der Waals surface area contributed by atoms with E-state index in [9.17, 15) is 0 Å². The van der Waals surface area contributed by atoms with Gasteiger partial charge in [0.2, 0.25) is 0 Å². The summed E-state index contributed by atoms with van der Waals surface area (Å²) in [4.78, 5) is 0. The van der Waals surface area contributed by atoms with Gasteiger partial charge >= 0.3 is 0 Å². The number of allylic oxidation sites excluding steroid dienone is 1. The Hall–Kier alpha value is -2.67. The zero-order valence-corrected chi connectivity index (χ0v) is 15.9. The summed E-state index contributed by atoms with van der Waals surface area (Å²) >= 11 is 0. The normalized spacial score (nSPS) is 16.5. The van der Waals surface area contributed by atoms with E-state index in [0.29, 0.717) is 0 Å². The number of fused-ring (bicyclic) bond motifs is 2. The van der Waals surface area contributed by atoms with E-state index in [1.807, 2.05) is 0 Å². The van der Waals surface area contributed by atoms with Crippen LogP contribution in [0.2, 0.25) is 0 Å². The third kappa shape index (κ3) is 2.50. The van der Waals surface area contributed by atoms with Gasteiger partial charge in [-0.05, 0) is 51.4 Å². The number of benzene rings is 3. The van der Waals surface area contributed by atoms with Crippen LogP contribution >= 0.6 is 0 Å². The fraction of sp³-hybridized carbons (Fsp3) is 0.240. The lowest BCUT2D eigenvalue weighted by molar-refractivity contribution is 0.594. The molecule has 0 aromatic heterocycles. The van der Waals surface area contributed by atoms with Gasteiger partial charge in [-0.3, -0.25) is 0 Å². The van der Waals surface area contributed by atoms with Crippen LogP contribution < -0.4 is 0 Å². The Bertz CT molecular complexity index is 1050. The second kappa shape index (κ2) is 5.95. The monoisotopic (exact) mass is 339 g/mol. The van der Waals surface area contributed by atoms with E-state index in [0.717, 1.165) is 5.56 Å². The zero-order valence-electron chi connectivity index (χ0n) is 15.9. The molecule has 1 aliphatic carbocycles. The molecule has 0 bridgehead atoms. The van der Waals surface area contributed by atoms with Gasteiger partial charge in [-0.2, -0.15) is 0 Å². The topological polar surface area (TPSA) is 23.9 Å². The minimum absolute atomic E-state index is 0.0295. The molecule has 0 heterocycles. The van der Waals surface area contributed by atoms with Crippen LogP contribution in [0, 0.1) is 5.41 Å². The molecule has 0 fully saturated rings. The number of rotatable bonds is 2. The molecule has 1 nitrogen and oxygen atoms in total. The molecular formula is C25H25N. The Balaban J connectivity index is 2.09. The summed E-state index contributed by atoms with van der Waals surface area (Å²) in [6.07, 6.45) is 3.86. The molecule has 1 N–H and O–H groups in total. The predicted octanol–water partition coefficient (Wildman–Crippen LogP) is 6.68. The fourth-order valence-corrected chi connectivity index (χ4v) is 4.48. The van der Waals surface area contributed by atoms with Gasteiger partial charge in [-0.1, -0.05) is 81.0 Å². The highest BCUT2D eigenvalue weighted by Crippen LogP contribution is 2.45. The maximum absolute atomic E-state index is 8.25. The molecule has 0 aliphatic heterocycles. The lowest BCUT2D eigenvalue weighted by atomic mass is 9.75. The van der Waals surface area contributed by atoms with Crippen LogP contribution in [0.15, 0.2) is 60.2 Å². The summed E-state index contributed by atoms with van der Waals surface area (Å²) in [5.41, 5.74) is 7.58. The molecule has 0 radical (unpaired) electrons. The predicted molar refractivity (Wildman–Crippen MR) is 112 cm³/mol. The zero-order chi connectivity index (χ0) is 18.5. The van der Waals surface area contributed by atoms with E-state index < -0.39 is 0 Å². The highest BCUT2D eigenvalue weighted by Gasteiger charge is 2.30. The number of hydrogen-bond acceptors (Lipinski definition) is 1. The van der Waals surface area contributed by atoms with Crippen molar-refractivity contribution >= 4 is 23.1 Å². The maximum Gasteiger partial charge on any atom is 0.0312 e. The Morgan fingerprint density at radius 2 is 1.62 bits per heavy atom. The summed E-state index contributed by atoms with van der Waals surface area (Å²) in [5.74, 6) is 0.230. The van der Waals surface area contributed by atoms with Gasteiger partial charge in [0.1, 0.15) is 0 Å². The lowest BCUT2D eigenvalue weighted by Crippen LogP contribution is -2.18. The second-order valence-electron chi connectivity index (χ2n) is 8.32. The van der Waals surface area contributed by atoms with E-state index in [1.54, 1.807) is 6.21 Å². The standard InChI is InChI=1S/C25H25N/c1-16-13-17-9-5-7-11-19(17)23(16)21-14-18-10-6-8-12-20(18)24(22(21)15-26)25(2,3)4/h5-15,23,26H,1-4H3. The van der Waals surface area contributed by atoms with Crippen LogP contribution in [0.25, 0.3) is 16.8 Å². The summed E-state index contributed by atoms with van der Waals surface area (Å²) in [6, 6.07) is 19.5. The highest BCUT2D eigenvalue weighted by molar-refractivity contribution is 5.97. The van der Waals surface area contributed by atoms with E-state index in [4.69, 9.17) is 5.41 Å². The SMILES string of the molecule is CC1=Cc2ccccc2C1c1cc2ccccc2c(C(C)(C)C)c1C=N. The first-order valence-electron chi connectivity index (χ1n) is 9.25. The Morgan fingerprint density at radius 1 is 0.923 bits per heavy atom. The molecule has 3 aromatic rings. The van der Waals surface area contributed by atoms with Gasteiger partial charge in [0, 0.05) is 17.7 Å². The van der Waals surface area contributed by atoms with Gasteiger partial charge in [-0.25, -0.2) is 0 Å². The van der Waals surface area contributed by atoms with E-state index in [1.165, 1.54) is 38.6 Å². The Labute approximate surface area is 155 Å². The van der Waals surface area contributed by atoms with Gasteiger partial charge in [0.25, 0.3) is 0 Å². The summed E-state index contributed by atoms with van der Waals surface area (Å²) in [7, 11) is 0. The highest BCUT2D eigenvalue weighted by atomic mass is 14.4. The molecule has 130 valence electrons. The van der Waals surface area contributed by atoms with Crippen LogP contribution in [0.5, 0.6) is 0 Å². The van der Waals surface area contributed by atoms with Gasteiger partial charge in [0.05, 0.1) is 0 Å². The third-order valence-electron chi connectivity index (χ3n) is 5.47. The van der Waals surface area contributed by atoms with Crippen molar-refractivity contribution in [2.75, 3.05) is 0 Å². The van der Waals surface area contributed by atoms with Crippen molar-refractivity contribution in [3.8, 4) is 0 Å². The first kappa shape index (κ1) is 16.8. The number of nitrogens with one attached hydrogen (secondary N) is 1. The number of hydrogen-bond donors (Lipinski definition) is 1. The molecule has 0 spiro atoms. The van der Waals surface area contributed by atoms with Crippen LogP contribution in [0.3, 0.4) is 0 Å². The molecule has 26 heavy (non-hydrogen) atoms. The van der Waals surface area contributed by atoms with Gasteiger partial charge < -0.3 is 5.41 Å². The van der Waals surface area contributed by atoms with E-state index in [2.05, 4.69) is 88.4 Å². The van der Waals surface area contributed by atoms with Crippen LogP contribution in [-0.2, 0) is 5.41 Å². The minimum atomic E-state index is -0.0295. The van der Waals surface area contributed by atoms with Gasteiger partial charge in [-0.15, -0.1) is 0 Å². The van der Waals surface area contributed by atoms with Crippen LogP contribution in [0.4, 0.5) is 0 Å². The average Bonchev–Trinajstić information content (AvgIpc) is 2.94. The van der Waals surface area contributed by atoms with Crippen molar-refractivity contribution in [1.82, 2.24) is 0 Å². The first-order valence-corrected chi connectivity index (χ1v) is 9.25. The van der Waals surface area contributed by atoms with Gasteiger partial charge in [0.15, 0.2) is 0 Å². The molecule has 4 rings (SSSR count). The second-order valence-corrected chi connectivity index (χ2v) is 8.32. The average molecular weight is 339 g/mol. The molecule has 1 unspecified atom stereocenters. The summed E-state index contributed by atoms with van der Waals surface area (Å²) in [5, 5.41) is 10.8. The Morgan fingerprint density at radius 3 is 2.35 bits per heavy atom. The van der Waals surface area contributed by atoms with E-state index in [-0.39, 0.29) is 11.3 Å². The largest absolute Gasteiger partial charge is 0.308 e. The Kier molecular flexibility index (Phi) is 3.84. The summed E-state index contributed by atoms with van der Waals surface area (Å²) < 4.78 is 0. The van der Waals surface area contributed by atoms with E-state index >= 15 is 0 Å². The van der Waals surface area contributed by atoms with Crippen molar-refractivity contribution in [3.63, 3.8) is 0 Å². The van der Waals surface area contributed by atoms with Crippen molar-refractivity contribution in [2.45, 2.75) is 39.0 Å². The van der Waals surface area contributed by atoms with Crippen molar-refractivity contribution in [1.29, 1.82) is 5.41 Å². The third-order valence-corrected chi connectivity index (χ3v) is 5.47. The molecule has 1 aliphatic rings. The van der Waals surface area contributed by atoms with Crippen LogP contribution in [-0.4, -0.2) is 6.21 Å². The summed E-state index contributed by atoms with van der Waals surface area (Å²) in [6.45, 7) is 8.95. The molecule has 0 saturated carbocycles. The van der Waals surface area contributed by atoms with Crippen molar-refractivity contribution in [2.24, 2.45) is 0 Å². The quantitative estimate of drug-likeness (QED) is 0.503. The molecular weight excluding hydrogens is 314 g/mol. The maximum atomic E-state index is 8.25. The molecule has 0 amide bonds. The fourth-order valence-electron chi connectivity index (χ4n) is 4.48. The van der Waals surface area contributed by atoms with Crippen molar-refractivity contribution < 1.29 is 0 Å². The van der Waals surface area contributed by atoms with Crippen LogP contribution in [0.1, 0.15) is 61.4 Å². The first-order chi connectivity index (χ1) is 12.4. The molecule has 1 atom stereocenters.